The molecule has 1 aliphatic rings. The van der Waals surface area contributed by atoms with Gasteiger partial charge in [0.25, 0.3) is 0 Å². The Morgan fingerprint density at radius 1 is 0.190 bits per heavy atom. The van der Waals surface area contributed by atoms with Crippen molar-refractivity contribution in [3.05, 3.63) is 0 Å². The fourth-order valence-electron chi connectivity index (χ4n) is 25.8. The van der Waals surface area contributed by atoms with Crippen LogP contribution in [0.4, 0.5) is 0 Å². The van der Waals surface area contributed by atoms with Crippen LogP contribution < -0.4 is 0 Å². The molecule has 116 heavy (non-hydrogen) atoms. The third-order valence-electron chi connectivity index (χ3n) is 35.2. The van der Waals surface area contributed by atoms with Crippen LogP contribution in [0.25, 0.3) is 0 Å². The number of Topliss-reactive ketones (excluding diaryl/α,β-unsaturated/α-hetero) is 1. The van der Waals surface area contributed by atoms with E-state index >= 15 is 4.79 Å². The number of hydrogen-bond acceptors (Lipinski definition) is 2. The SMILES string of the molecule is CCCCCC(CC(CC)CC)CC(CC(CC(CC)CC)CC(CC)CC)CC(CC(CC(CC)CC)CC(CC)CC)CC(CC(CC(CC(CC(CC)CC)CC(CC)CC)CC(CC(CC)CC)CC(CC)CC)CC(CC(CC(CC)CC)CC(CC)CC)CC(CC(CC)CC)CC(CC)CC)CC1(C(=O)CO)CC1. The fraction of sp³-hybridized carbons (Fsp3) is 0.991. The van der Waals surface area contributed by atoms with E-state index in [1.807, 2.05) is 0 Å². The maximum absolute atomic E-state index is 15.2. The largest absolute Gasteiger partial charge is 0.389 e. The number of carbonyl (C=O) groups excluding carboxylic acids is 1. The number of aliphatic hydroxyl groups is 1. The summed E-state index contributed by atoms with van der Waals surface area (Å²) in [5.74, 6) is 20.2. The summed E-state index contributed by atoms with van der Waals surface area (Å²) < 4.78 is 0. The summed E-state index contributed by atoms with van der Waals surface area (Å²) in [6.07, 6.45) is 78.4. The third-order valence-corrected chi connectivity index (χ3v) is 35.2. The second-order valence-electron chi connectivity index (χ2n) is 43.1. The van der Waals surface area contributed by atoms with E-state index in [0.717, 1.165) is 155 Å². The Balaban J connectivity index is 5.45. The summed E-state index contributed by atoms with van der Waals surface area (Å²) in [5.41, 5.74) is -0.344. The summed E-state index contributed by atoms with van der Waals surface area (Å²) in [6.45, 7) is 68.2. The maximum atomic E-state index is 15.2. The van der Waals surface area contributed by atoms with Gasteiger partial charge in [-0.2, -0.15) is 0 Å². The van der Waals surface area contributed by atoms with Crippen LogP contribution in [0, 0.1) is 159 Å². The van der Waals surface area contributed by atoms with Gasteiger partial charge in [0.05, 0.1) is 0 Å². The standard InChI is InChI=1S/C114H226O2/c1-28-55-56-57-100(60-87(29-2)30-3)73-107(74-101(61-88(31-4)32-5)62-89(33-6)34-7)80-110(79-106(71-98(51-24)52-25)72-99(53-26)54-27)83-112(85-114(58-59-114)113(116)86-115)84-111(81-108(75-102(63-90(35-8)36-9)64-91(37-10)38-11)76-103(65-92(39-12)40-13)66-93(41-14)42-15)82-109(77-104(67-94(43-16)44-17)68-95(45-18)46-19)78-105(69-96(47-20)48-21)70-97(49-22)50-23/h87-112,115H,28-86H2,1-27H3. The van der Waals surface area contributed by atoms with Crippen molar-refractivity contribution in [3.8, 4) is 0 Å². The summed E-state index contributed by atoms with van der Waals surface area (Å²) in [5, 5.41) is 11.4. The van der Waals surface area contributed by atoms with Crippen LogP contribution in [-0.4, -0.2) is 17.5 Å². The molecular weight excluding hydrogens is 1400 g/mol. The summed E-state index contributed by atoms with van der Waals surface area (Å²) in [4.78, 5) is 15.2. The molecule has 0 aromatic heterocycles. The van der Waals surface area contributed by atoms with Crippen molar-refractivity contribution in [1.29, 1.82) is 0 Å². The van der Waals surface area contributed by atoms with Gasteiger partial charge in [-0.25, -0.2) is 0 Å². The Morgan fingerprint density at radius 2 is 0.319 bits per heavy atom. The zero-order valence-electron chi connectivity index (χ0n) is 85.6. The number of hydrogen-bond donors (Lipinski definition) is 1. The molecule has 0 aliphatic heterocycles. The summed E-state index contributed by atoms with van der Waals surface area (Å²) in [7, 11) is 0. The average Bonchev–Trinajstić information content (AvgIpc) is 1.63. The lowest BCUT2D eigenvalue weighted by atomic mass is 9.66. The van der Waals surface area contributed by atoms with Crippen LogP contribution in [0.15, 0.2) is 0 Å². The zero-order chi connectivity index (χ0) is 86.8. The molecule has 0 heterocycles. The van der Waals surface area contributed by atoms with Crippen LogP contribution in [0.3, 0.4) is 0 Å². The first kappa shape index (κ1) is 114. The van der Waals surface area contributed by atoms with Gasteiger partial charge in [0, 0.05) is 5.41 Å². The predicted molar refractivity (Wildman–Crippen MR) is 526 cm³/mol. The van der Waals surface area contributed by atoms with Gasteiger partial charge in [0.2, 0.25) is 0 Å². The summed E-state index contributed by atoms with van der Waals surface area (Å²) in [6, 6.07) is 0. The van der Waals surface area contributed by atoms with E-state index in [9.17, 15) is 5.11 Å². The third kappa shape index (κ3) is 47.3. The van der Waals surface area contributed by atoms with Crippen LogP contribution >= 0.6 is 0 Å². The van der Waals surface area contributed by atoms with E-state index in [4.69, 9.17) is 0 Å². The van der Waals surface area contributed by atoms with Gasteiger partial charge >= 0.3 is 0 Å². The molecule has 2 heteroatoms. The monoisotopic (exact) mass is 1630 g/mol. The Bertz CT molecular complexity index is 1880. The molecule has 1 rings (SSSR count). The molecule has 0 saturated heterocycles. The first-order chi connectivity index (χ1) is 56.0. The molecule has 694 valence electrons. The lowest BCUT2D eigenvalue weighted by molar-refractivity contribution is -0.127. The van der Waals surface area contributed by atoms with E-state index in [-0.39, 0.29) is 17.8 Å². The lowest BCUT2D eigenvalue weighted by Gasteiger charge is -2.39. The second-order valence-corrected chi connectivity index (χ2v) is 43.1. The Labute approximate surface area is 736 Å². The van der Waals surface area contributed by atoms with Crippen LogP contribution in [0.5, 0.6) is 0 Å². The van der Waals surface area contributed by atoms with E-state index in [1.54, 1.807) is 0 Å². The van der Waals surface area contributed by atoms with Crippen molar-refractivity contribution in [1.82, 2.24) is 0 Å². The quantitative estimate of drug-likeness (QED) is 0.0616. The van der Waals surface area contributed by atoms with Crippen LogP contribution in [0.2, 0.25) is 0 Å². The maximum Gasteiger partial charge on any atom is 0.164 e. The number of aliphatic hydroxyl groups excluding tert-OH is 1. The Morgan fingerprint density at radius 3 is 0.448 bits per heavy atom. The molecule has 0 aromatic carbocycles. The molecule has 1 N–H and O–H groups in total. The molecular formula is C114H226O2. The van der Waals surface area contributed by atoms with E-state index < -0.39 is 0 Å². The van der Waals surface area contributed by atoms with E-state index in [1.165, 1.54) is 353 Å². The lowest BCUT2D eigenvalue weighted by Crippen LogP contribution is -2.29. The molecule has 0 amide bonds. The molecule has 0 aromatic rings. The van der Waals surface area contributed by atoms with Gasteiger partial charge in [0.1, 0.15) is 6.61 Å². The second kappa shape index (κ2) is 69.8. The molecule has 0 bridgehead atoms. The highest BCUT2D eigenvalue weighted by Crippen LogP contribution is 2.56. The minimum Gasteiger partial charge on any atom is -0.389 e. The number of unbranched alkanes of at least 4 members (excludes halogenated alkanes) is 2. The minimum atomic E-state index is -0.344. The van der Waals surface area contributed by atoms with E-state index in [2.05, 4.69) is 187 Å². The van der Waals surface area contributed by atoms with Gasteiger partial charge < -0.3 is 5.11 Å². The first-order valence-electron chi connectivity index (χ1n) is 55.1. The smallest absolute Gasteiger partial charge is 0.164 e. The van der Waals surface area contributed by atoms with Gasteiger partial charge in [-0.05, 0) is 334 Å². The van der Waals surface area contributed by atoms with Crippen molar-refractivity contribution in [2.45, 2.75) is 559 Å². The molecule has 0 spiro atoms. The van der Waals surface area contributed by atoms with Gasteiger partial charge in [-0.1, -0.05) is 380 Å². The van der Waals surface area contributed by atoms with Crippen molar-refractivity contribution in [2.24, 2.45) is 159 Å². The molecule has 1 aliphatic carbocycles. The van der Waals surface area contributed by atoms with Crippen molar-refractivity contribution in [2.75, 3.05) is 6.61 Å². The molecule has 1 fully saturated rings. The molecule has 2 nitrogen and oxygen atoms in total. The normalized spacial score (nSPS) is 15.0. The van der Waals surface area contributed by atoms with Crippen molar-refractivity contribution < 1.29 is 9.90 Å². The zero-order valence-corrected chi connectivity index (χ0v) is 85.6. The topological polar surface area (TPSA) is 37.3 Å². The number of ketones is 1. The first-order valence-corrected chi connectivity index (χ1v) is 55.1. The van der Waals surface area contributed by atoms with Gasteiger partial charge in [-0.3, -0.25) is 4.79 Å². The van der Waals surface area contributed by atoms with E-state index in [0.29, 0.717) is 17.8 Å². The summed E-state index contributed by atoms with van der Waals surface area (Å²) >= 11 is 0. The van der Waals surface area contributed by atoms with Gasteiger partial charge in [0.15, 0.2) is 5.78 Å². The molecule has 4 atom stereocenters. The van der Waals surface area contributed by atoms with Crippen molar-refractivity contribution in [3.63, 3.8) is 0 Å². The van der Waals surface area contributed by atoms with Crippen LogP contribution in [0.1, 0.15) is 559 Å². The molecule has 0 radical (unpaired) electrons. The predicted octanol–water partition coefficient (Wildman–Crippen LogP) is 38.7. The highest BCUT2D eigenvalue weighted by molar-refractivity contribution is 5.88. The fourth-order valence-corrected chi connectivity index (χ4v) is 25.8. The van der Waals surface area contributed by atoms with Crippen LogP contribution in [-0.2, 0) is 4.79 Å². The van der Waals surface area contributed by atoms with Crippen molar-refractivity contribution >= 4 is 5.78 Å². The Kier molecular flexibility index (Phi) is 68.4. The Hall–Kier alpha value is -0.370. The van der Waals surface area contributed by atoms with Gasteiger partial charge in [-0.15, -0.1) is 0 Å². The molecule has 1 saturated carbocycles. The number of rotatable bonds is 84. The number of carbonyl (C=O) groups is 1. The minimum absolute atomic E-state index is 0.208. The highest BCUT2D eigenvalue weighted by Gasteiger charge is 2.50. The highest BCUT2D eigenvalue weighted by atomic mass is 16.3. The average molecular weight is 1630 g/mol. The molecule has 4 unspecified atom stereocenters.